The van der Waals surface area contributed by atoms with Gasteiger partial charge in [0.25, 0.3) is 0 Å². The lowest BCUT2D eigenvalue weighted by Gasteiger charge is -2.34. The molecule has 2 aliphatic rings. The molecular weight excluding hydrogens is 386 g/mol. The van der Waals surface area contributed by atoms with Crippen LogP contribution in [0.15, 0.2) is 24.3 Å². The highest BCUT2D eigenvalue weighted by Gasteiger charge is 2.31. The van der Waals surface area contributed by atoms with Crippen LogP contribution in [0.1, 0.15) is 31.2 Å². The third-order valence-electron chi connectivity index (χ3n) is 5.48. The topological polar surface area (TPSA) is 69.7 Å². The van der Waals surface area contributed by atoms with Crippen molar-refractivity contribution in [2.75, 3.05) is 32.4 Å². The Hall–Kier alpha value is -1.15. The second kappa shape index (κ2) is 8.90. The molecule has 1 N–H and O–H groups in total. The van der Waals surface area contributed by atoms with Crippen LogP contribution in [0, 0.1) is 5.92 Å². The van der Waals surface area contributed by atoms with Crippen molar-refractivity contribution in [3.05, 3.63) is 34.9 Å². The molecule has 2 heterocycles. The van der Waals surface area contributed by atoms with Gasteiger partial charge in [-0.15, -0.1) is 0 Å². The number of halogens is 1. The first-order valence-corrected chi connectivity index (χ1v) is 11.8. The van der Waals surface area contributed by atoms with Crippen molar-refractivity contribution in [1.82, 2.24) is 14.5 Å². The van der Waals surface area contributed by atoms with E-state index in [1.165, 1.54) is 16.1 Å². The molecule has 0 spiro atoms. The number of piperidine rings is 2. The summed E-state index contributed by atoms with van der Waals surface area (Å²) in [7, 11) is -3.23. The highest BCUT2D eigenvalue weighted by atomic mass is 35.5. The van der Waals surface area contributed by atoms with Crippen molar-refractivity contribution in [2.45, 2.75) is 38.3 Å². The maximum Gasteiger partial charge on any atom is 0.224 e. The maximum atomic E-state index is 12.6. The molecule has 0 radical (unpaired) electrons. The lowest BCUT2D eigenvalue weighted by molar-refractivity contribution is -0.127. The smallest absolute Gasteiger partial charge is 0.224 e. The van der Waals surface area contributed by atoms with Crippen molar-refractivity contribution in [2.24, 2.45) is 5.92 Å². The van der Waals surface area contributed by atoms with E-state index in [2.05, 4.69) is 10.2 Å². The Morgan fingerprint density at radius 3 is 2.44 bits per heavy atom. The molecule has 8 heteroatoms. The maximum absolute atomic E-state index is 12.6. The summed E-state index contributed by atoms with van der Waals surface area (Å²) >= 11 is 5.93. The number of carbonyl (C=O) groups excluding carboxylic acids is 1. The molecule has 27 heavy (non-hydrogen) atoms. The summed E-state index contributed by atoms with van der Waals surface area (Å²) in [5, 5.41) is 3.90. The van der Waals surface area contributed by atoms with E-state index in [9.17, 15) is 13.2 Å². The minimum absolute atomic E-state index is 0.000462. The van der Waals surface area contributed by atoms with Gasteiger partial charge in [0.1, 0.15) is 0 Å². The minimum atomic E-state index is -3.23. The molecule has 0 unspecified atom stereocenters. The van der Waals surface area contributed by atoms with Crippen molar-refractivity contribution < 1.29 is 13.2 Å². The van der Waals surface area contributed by atoms with Gasteiger partial charge >= 0.3 is 0 Å². The largest absolute Gasteiger partial charge is 0.353 e. The van der Waals surface area contributed by atoms with Crippen molar-refractivity contribution in [1.29, 1.82) is 0 Å². The van der Waals surface area contributed by atoms with Crippen molar-refractivity contribution in [3.63, 3.8) is 0 Å². The predicted molar refractivity (Wildman–Crippen MR) is 107 cm³/mol. The van der Waals surface area contributed by atoms with Gasteiger partial charge in [-0.2, -0.15) is 0 Å². The summed E-state index contributed by atoms with van der Waals surface area (Å²) in [6.45, 7) is 3.59. The fraction of sp³-hybridized carbons (Fsp3) is 0.632. The number of amides is 1. The second-order valence-electron chi connectivity index (χ2n) is 7.65. The van der Waals surface area contributed by atoms with Crippen LogP contribution in [0.2, 0.25) is 5.02 Å². The van der Waals surface area contributed by atoms with Gasteiger partial charge in [0.2, 0.25) is 15.9 Å². The van der Waals surface area contributed by atoms with E-state index in [-0.39, 0.29) is 17.9 Å². The highest BCUT2D eigenvalue weighted by molar-refractivity contribution is 7.88. The minimum Gasteiger partial charge on any atom is -0.353 e. The number of hydrogen-bond acceptors (Lipinski definition) is 4. The molecule has 0 aromatic heterocycles. The lowest BCUT2D eigenvalue weighted by atomic mass is 9.97. The Morgan fingerprint density at radius 2 is 1.81 bits per heavy atom. The molecule has 0 bridgehead atoms. The van der Waals surface area contributed by atoms with E-state index in [0.29, 0.717) is 13.1 Å². The van der Waals surface area contributed by atoms with Gasteiger partial charge in [0.05, 0.1) is 12.2 Å². The van der Waals surface area contributed by atoms with Gasteiger partial charge < -0.3 is 5.32 Å². The van der Waals surface area contributed by atoms with Crippen LogP contribution in [-0.2, 0) is 21.4 Å². The molecule has 6 nitrogen and oxygen atoms in total. The molecule has 3 rings (SSSR count). The highest BCUT2D eigenvalue weighted by Crippen LogP contribution is 2.20. The predicted octanol–water partition coefficient (Wildman–Crippen LogP) is 2.09. The van der Waals surface area contributed by atoms with Crippen molar-refractivity contribution >= 4 is 27.5 Å². The third kappa shape index (κ3) is 5.91. The van der Waals surface area contributed by atoms with E-state index < -0.39 is 10.0 Å². The van der Waals surface area contributed by atoms with Gasteiger partial charge in [-0.25, -0.2) is 12.7 Å². The number of hydrogen-bond donors (Lipinski definition) is 1. The van der Waals surface area contributed by atoms with Crippen LogP contribution in [-0.4, -0.2) is 62.0 Å². The van der Waals surface area contributed by atoms with Gasteiger partial charge in [-0.1, -0.05) is 23.7 Å². The van der Waals surface area contributed by atoms with Crippen LogP contribution in [0.4, 0.5) is 0 Å². The first-order chi connectivity index (χ1) is 12.8. The molecule has 150 valence electrons. The standard InChI is InChI=1S/C19H28ClN3O3S/c1-27(25,26)23-10-2-3-16(14-23)19(24)21-18-8-11-22(12-9-18)13-15-4-6-17(20)7-5-15/h4-7,16,18H,2-3,8-14H2,1H3,(H,21,24)/t16-/m0/s1. The Kier molecular flexibility index (Phi) is 6.78. The van der Waals surface area contributed by atoms with E-state index in [1.807, 2.05) is 24.3 Å². The Balaban J connectivity index is 1.44. The zero-order valence-electron chi connectivity index (χ0n) is 15.7. The first kappa shape index (κ1) is 20.6. The number of rotatable bonds is 5. The Labute approximate surface area is 166 Å². The van der Waals surface area contributed by atoms with Gasteiger partial charge in [0.15, 0.2) is 0 Å². The summed E-state index contributed by atoms with van der Waals surface area (Å²) in [5.41, 5.74) is 1.24. The quantitative estimate of drug-likeness (QED) is 0.802. The van der Waals surface area contributed by atoms with Gasteiger partial charge in [-0.05, 0) is 43.4 Å². The van der Waals surface area contributed by atoms with Crippen LogP contribution in [0.5, 0.6) is 0 Å². The fourth-order valence-electron chi connectivity index (χ4n) is 3.86. The van der Waals surface area contributed by atoms with E-state index in [0.717, 1.165) is 50.3 Å². The Bertz CT molecular complexity index is 746. The zero-order valence-corrected chi connectivity index (χ0v) is 17.3. The van der Waals surface area contributed by atoms with E-state index in [4.69, 9.17) is 11.6 Å². The molecule has 2 aliphatic heterocycles. The number of nitrogens with zero attached hydrogens (tertiary/aromatic N) is 2. The third-order valence-corrected chi connectivity index (χ3v) is 7.00. The molecule has 2 saturated heterocycles. The normalized spacial score (nSPS) is 23.3. The van der Waals surface area contributed by atoms with Crippen LogP contribution in [0.3, 0.4) is 0 Å². The number of likely N-dealkylation sites (tertiary alicyclic amines) is 1. The fourth-order valence-corrected chi connectivity index (χ4v) is 4.90. The zero-order chi connectivity index (χ0) is 19.4. The summed E-state index contributed by atoms with van der Waals surface area (Å²) < 4.78 is 24.9. The van der Waals surface area contributed by atoms with Gasteiger partial charge in [0, 0.05) is 43.8 Å². The molecule has 0 aliphatic carbocycles. The van der Waals surface area contributed by atoms with Crippen molar-refractivity contribution in [3.8, 4) is 0 Å². The first-order valence-electron chi connectivity index (χ1n) is 9.53. The van der Waals surface area contributed by atoms with E-state index >= 15 is 0 Å². The number of benzene rings is 1. The lowest BCUT2D eigenvalue weighted by Crippen LogP contribution is -2.49. The molecule has 0 saturated carbocycles. The molecule has 1 aromatic rings. The molecular formula is C19H28ClN3O3S. The van der Waals surface area contributed by atoms with Crippen LogP contribution < -0.4 is 5.32 Å². The summed E-state index contributed by atoms with van der Waals surface area (Å²) in [6, 6.07) is 8.09. The SMILES string of the molecule is CS(=O)(=O)N1CCC[C@H](C(=O)NC2CCN(Cc3ccc(Cl)cc3)CC2)C1. The number of sulfonamides is 1. The van der Waals surface area contributed by atoms with Crippen LogP contribution in [0.25, 0.3) is 0 Å². The van der Waals surface area contributed by atoms with Crippen LogP contribution >= 0.6 is 11.6 Å². The second-order valence-corrected chi connectivity index (χ2v) is 10.1. The molecule has 1 aromatic carbocycles. The molecule has 1 atom stereocenters. The number of carbonyl (C=O) groups is 1. The summed E-state index contributed by atoms with van der Waals surface area (Å²) in [6.07, 6.45) is 4.55. The summed E-state index contributed by atoms with van der Waals surface area (Å²) in [5.74, 6) is -0.236. The molecule has 1 amide bonds. The Morgan fingerprint density at radius 1 is 1.15 bits per heavy atom. The van der Waals surface area contributed by atoms with Gasteiger partial charge in [-0.3, -0.25) is 9.69 Å². The van der Waals surface area contributed by atoms with E-state index in [1.54, 1.807) is 0 Å². The monoisotopic (exact) mass is 413 g/mol. The average Bonchev–Trinajstić information content (AvgIpc) is 2.64. The molecule has 2 fully saturated rings. The average molecular weight is 414 g/mol. The summed E-state index contributed by atoms with van der Waals surface area (Å²) in [4.78, 5) is 15.0. The number of nitrogens with one attached hydrogen (secondary N) is 1.